The summed E-state index contributed by atoms with van der Waals surface area (Å²) in [6.07, 6.45) is 0. The molecule has 0 bridgehead atoms. The maximum absolute atomic E-state index is 6.14. The quantitative estimate of drug-likeness (QED) is 0.701. The molecule has 0 aliphatic heterocycles. The van der Waals surface area contributed by atoms with Crippen LogP contribution in [0, 0.1) is 6.92 Å². The predicted octanol–water partition coefficient (Wildman–Crippen LogP) is 4.60. The zero-order valence-electron chi connectivity index (χ0n) is 11.1. The number of aryl methyl sites for hydroxylation is 1. The highest BCUT2D eigenvalue weighted by molar-refractivity contribution is 6.36. The molecule has 0 unspecified atom stereocenters. The minimum absolute atomic E-state index is 0.391. The number of aromatic nitrogens is 2. The molecule has 1 heterocycles. The van der Waals surface area contributed by atoms with Crippen LogP contribution in [0.2, 0.25) is 10.0 Å². The number of nitrogens with two attached hydrogens (primary N) is 1. The van der Waals surface area contributed by atoms with Crippen molar-refractivity contribution >= 4 is 28.9 Å². The van der Waals surface area contributed by atoms with Crippen molar-refractivity contribution in [2.24, 2.45) is 0 Å². The van der Waals surface area contributed by atoms with Gasteiger partial charge in [-0.3, -0.25) is 0 Å². The Labute approximate surface area is 131 Å². The van der Waals surface area contributed by atoms with Gasteiger partial charge < -0.3 is 10.3 Å². The van der Waals surface area contributed by atoms with E-state index in [-0.39, 0.29) is 0 Å². The Morgan fingerprint density at radius 1 is 1.10 bits per heavy atom. The highest BCUT2D eigenvalue weighted by atomic mass is 35.5. The number of halogens is 2. The maximum Gasteiger partial charge on any atom is 0.258 e. The van der Waals surface area contributed by atoms with Crippen LogP contribution in [0.15, 0.2) is 40.9 Å². The lowest BCUT2D eigenvalue weighted by atomic mass is 10.1. The summed E-state index contributed by atoms with van der Waals surface area (Å²) in [5.74, 6) is 0.800. The number of nitrogens with zero attached hydrogens (tertiary/aromatic N) is 2. The fraction of sp³-hybridized carbons (Fsp3) is 0.0667. The molecule has 0 radical (unpaired) electrons. The largest absolute Gasteiger partial charge is 0.398 e. The summed E-state index contributed by atoms with van der Waals surface area (Å²) in [5.41, 5.74) is 9.00. The zero-order chi connectivity index (χ0) is 15.0. The summed E-state index contributed by atoms with van der Waals surface area (Å²) in [6.45, 7) is 1.94. The minimum atomic E-state index is 0.391. The SMILES string of the molecule is Cc1ccc(-c2nc(-c3ccc(Cl)cc3Cl)no2)cc1N. The fourth-order valence-electron chi connectivity index (χ4n) is 1.89. The molecule has 3 aromatic rings. The molecule has 6 heteroatoms. The number of benzene rings is 2. The second-order valence-corrected chi connectivity index (χ2v) is 5.46. The van der Waals surface area contributed by atoms with Crippen LogP contribution < -0.4 is 5.73 Å². The second-order valence-electron chi connectivity index (χ2n) is 4.62. The molecule has 4 nitrogen and oxygen atoms in total. The Balaban J connectivity index is 2.01. The topological polar surface area (TPSA) is 64.9 Å². The van der Waals surface area contributed by atoms with Crippen LogP contribution in [0.4, 0.5) is 5.69 Å². The molecule has 0 amide bonds. The van der Waals surface area contributed by atoms with Crippen molar-refractivity contribution in [1.82, 2.24) is 10.1 Å². The summed E-state index contributed by atoms with van der Waals surface area (Å²) in [4.78, 5) is 4.35. The highest BCUT2D eigenvalue weighted by Crippen LogP contribution is 2.30. The molecular weight excluding hydrogens is 309 g/mol. The van der Waals surface area contributed by atoms with Crippen LogP contribution in [-0.2, 0) is 0 Å². The van der Waals surface area contributed by atoms with E-state index in [4.69, 9.17) is 33.5 Å². The Morgan fingerprint density at radius 3 is 2.62 bits per heavy atom. The van der Waals surface area contributed by atoms with Crippen molar-refractivity contribution in [2.75, 3.05) is 5.73 Å². The average Bonchev–Trinajstić information content (AvgIpc) is 2.91. The molecule has 0 spiro atoms. The van der Waals surface area contributed by atoms with Gasteiger partial charge in [0, 0.05) is 21.8 Å². The van der Waals surface area contributed by atoms with Crippen molar-refractivity contribution in [1.29, 1.82) is 0 Å². The summed E-state index contributed by atoms with van der Waals surface area (Å²) in [5, 5.41) is 4.98. The van der Waals surface area contributed by atoms with E-state index in [0.717, 1.165) is 11.1 Å². The zero-order valence-corrected chi connectivity index (χ0v) is 12.6. The third-order valence-electron chi connectivity index (χ3n) is 3.12. The van der Waals surface area contributed by atoms with Gasteiger partial charge in [-0.2, -0.15) is 4.98 Å². The first-order chi connectivity index (χ1) is 10.0. The van der Waals surface area contributed by atoms with Gasteiger partial charge in [-0.1, -0.05) is 34.4 Å². The summed E-state index contributed by atoms with van der Waals surface area (Å²) < 4.78 is 5.28. The van der Waals surface area contributed by atoms with Crippen LogP contribution in [-0.4, -0.2) is 10.1 Å². The van der Waals surface area contributed by atoms with Gasteiger partial charge in [0.15, 0.2) is 0 Å². The van der Waals surface area contributed by atoms with Crippen molar-refractivity contribution in [3.05, 3.63) is 52.0 Å². The Hall–Kier alpha value is -2.04. The van der Waals surface area contributed by atoms with Gasteiger partial charge in [-0.25, -0.2) is 0 Å². The fourth-order valence-corrected chi connectivity index (χ4v) is 2.39. The number of hydrogen-bond acceptors (Lipinski definition) is 4. The average molecular weight is 320 g/mol. The Morgan fingerprint density at radius 2 is 1.90 bits per heavy atom. The van der Waals surface area contributed by atoms with Crippen LogP contribution in [0.3, 0.4) is 0 Å². The first-order valence-corrected chi connectivity index (χ1v) is 6.96. The van der Waals surface area contributed by atoms with E-state index in [2.05, 4.69) is 10.1 Å². The standard InChI is InChI=1S/C15H11Cl2N3O/c1-8-2-3-9(6-13(8)18)15-19-14(20-21-15)11-5-4-10(16)7-12(11)17/h2-7H,18H2,1H3. The Kier molecular flexibility index (Phi) is 3.57. The monoisotopic (exact) mass is 319 g/mol. The molecule has 0 saturated carbocycles. The molecular formula is C15H11Cl2N3O. The smallest absolute Gasteiger partial charge is 0.258 e. The van der Waals surface area contributed by atoms with Crippen LogP contribution in [0.1, 0.15) is 5.56 Å². The molecule has 106 valence electrons. The molecule has 0 saturated heterocycles. The molecule has 0 aliphatic rings. The highest BCUT2D eigenvalue weighted by Gasteiger charge is 2.14. The number of rotatable bonds is 2. The van der Waals surface area contributed by atoms with Crippen LogP contribution in [0.25, 0.3) is 22.8 Å². The maximum atomic E-state index is 6.14. The Bertz CT molecular complexity index is 814. The van der Waals surface area contributed by atoms with Gasteiger partial charge in [-0.15, -0.1) is 0 Å². The van der Waals surface area contributed by atoms with E-state index in [9.17, 15) is 0 Å². The molecule has 0 aliphatic carbocycles. The third kappa shape index (κ3) is 2.73. The van der Waals surface area contributed by atoms with Gasteiger partial charge in [0.1, 0.15) is 0 Å². The lowest BCUT2D eigenvalue weighted by Crippen LogP contribution is -1.90. The number of hydrogen-bond donors (Lipinski definition) is 1. The van der Waals surface area contributed by atoms with Crippen LogP contribution in [0.5, 0.6) is 0 Å². The lowest BCUT2D eigenvalue weighted by molar-refractivity contribution is 0.432. The molecule has 21 heavy (non-hydrogen) atoms. The van der Waals surface area contributed by atoms with Gasteiger partial charge in [0.25, 0.3) is 5.89 Å². The molecule has 1 aromatic heterocycles. The second kappa shape index (κ2) is 5.39. The summed E-state index contributed by atoms with van der Waals surface area (Å²) in [7, 11) is 0. The molecule has 0 fully saturated rings. The van der Waals surface area contributed by atoms with E-state index in [1.165, 1.54) is 0 Å². The van der Waals surface area contributed by atoms with Gasteiger partial charge >= 0.3 is 0 Å². The van der Waals surface area contributed by atoms with Crippen molar-refractivity contribution in [2.45, 2.75) is 6.92 Å². The van der Waals surface area contributed by atoms with Crippen molar-refractivity contribution in [3.63, 3.8) is 0 Å². The van der Waals surface area contributed by atoms with E-state index < -0.39 is 0 Å². The molecule has 0 atom stereocenters. The number of nitrogen functional groups attached to an aromatic ring is 1. The van der Waals surface area contributed by atoms with E-state index in [1.807, 2.05) is 19.1 Å². The normalized spacial score (nSPS) is 10.8. The van der Waals surface area contributed by atoms with Gasteiger partial charge in [0.2, 0.25) is 5.82 Å². The summed E-state index contributed by atoms with van der Waals surface area (Å²) in [6, 6.07) is 10.7. The third-order valence-corrected chi connectivity index (χ3v) is 3.67. The van der Waals surface area contributed by atoms with Gasteiger partial charge in [-0.05, 0) is 42.8 Å². The van der Waals surface area contributed by atoms with E-state index in [1.54, 1.807) is 24.3 Å². The number of anilines is 1. The molecule has 2 aromatic carbocycles. The molecule has 3 rings (SSSR count). The first-order valence-electron chi connectivity index (χ1n) is 6.20. The van der Waals surface area contributed by atoms with Gasteiger partial charge in [0.05, 0.1) is 5.02 Å². The first kappa shape index (κ1) is 13.9. The predicted molar refractivity (Wildman–Crippen MR) is 84.3 cm³/mol. The van der Waals surface area contributed by atoms with E-state index >= 15 is 0 Å². The molecule has 2 N–H and O–H groups in total. The lowest BCUT2D eigenvalue weighted by Gasteiger charge is -2.00. The summed E-state index contributed by atoms with van der Waals surface area (Å²) >= 11 is 12.0. The van der Waals surface area contributed by atoms with Crippen LogP contribution >= 0.6 is 23.2 Å². The van der Waals surface area contributed by atoms with E-state index in [0.29, 0.717) is 33.0 Å². The van der Waals surface area contributed by atoms with Crippen molar-refractivity contribution in [3.8, 4) is 22.8 Å². The minimum Gasteiger partial charge on any atom is -0.398 e. The van der Waals surface area contributed by atoms with Crippen molar-refractivity contribution < 1.29 is 4.52 Å².